The first kappa shape index (κ1) is 14.1. The molecule has 0 aliphatic carbocycles. The molecule has 1 N–H and O–H groups in total. The Kier molecular flexibility index (Phi) is 5.08. The number of hydrogen-bond donors (Lipinski definition) is 1. The third kappa shape index (κ3) is 6.38. The first-order valence-electron chi connectivity index (χ1n) is 5.11. The highest BCUT2D eigenvalue weighted by molar-refractivity contribution is 6.30. The summed E-state index contributed by atoms with van der Waals surface area (Å²) < 4.78 is 36.1. The minimum Gasteiger partial charge on any atom is -0.384 e. The first-order valence-corrected chi connectivity index (χ1v) is 5.49. The lowest BCUT2D eigenvalue weighted by atomic mass is 10.3. The summed E-state index contributed by atoms with van der Waals surface area (Å²) in [5, 5.41) is 3.65. The van der Waals surface area contributed by atoms with Gasteiger partial charge in [-0.2, -0.15) is 13.2 Å². The highest BCUT2D eigenvalue weighted by Crippen LogP contribution is 2.15. The van der Waals surface area contributed by atoms with Gasteiger partial charge in [0.1, 0.15) is 0 Å². The number of halogens is 4. The van der Waals surface area contributed by atoms with Crippen LogP contribution in [0.25, 0.3) is 0 Å². The van der Waals surface area contributed by atoms with E-state index in [1.165, 1.54) is 11.9 Å². The molecule has 0 spiro atoms. The van der Waals surface area contributed by atoms with Crippen molar-refractivity contribution in [2.45, 2.75) is 6.18 Å². The van der Waals surface area contributed by atoms with Crippen LogP contribution in [0.3, 0.4) is 0 Å². The van der Waals surface area contributed by atoms with Crippen molar-refractivity contribution >= 4 is 17.3 Å². The molecule has 0 saturated carbocycles. The zero-order valence-corrected chi connectivity index (χ0v) is 10.1. The van der Waals surface area contributed by atoms with Crippen molar-refractivity contribution in [3.05, 3.63) is 29.3 Å². The summed E-state index contributed by atoms with van der Waals surface area (Å²) in [6, 6.07) is 7.02. The van der Waals surface area contributed by atoms with Crippen molar-refractivity contribution in [1.82, 2.24) is 4.90 Å². The minimum absolute atomic E-state index is 0.322. The van der Waals surface area contributed by atoms with E-state index in [4.69, 9.17) is 11.6 Å². The maximum atomic E-state index is 12.0. The van der Waals surface area contributed by atoms with E-state index in [9.17, 15) is 13.2 Å². The van der Waals surface area contributed by atoms with Crippen LogP contribution < -0.4 is 5.32 Å². The Labute approximate surface area is 103 Å². The molecule has 1 rings (SSSR count). The molecule has 1 aromatic carbocycles. The quantitative estimate of drug-likeness (QED) is 0.880. The van der Waals surface area contributed by atoms with Gasteiger partial charge in [0.2, 0.25) is 0 Å². The van der Waals surface area contributed by atoms with Crippen molar-refractivity contribution in [3.8, 4) is 0 Å². The molecule has 0 aliphatic rings. The SMILES string of the molecule is CN(CCNc1ccc(Cl)cc1)CC(F)(F)F. The number of alkyl halides is 3. The summed E-state index contributed by atoms with van der Waals surface area (Å²) in [6.45, 7) is -0.119. The lowest BCUT2D eigenvalue weighted by Crippen LogP contribution is -2.34. The van der Waals surface area contributed by atoms with Gasteiger partial charge in [0.15, 0.2) is 0 Å². The number of rotatable bonds is 5. The maximum Gasteiger partial charge on any atom is 0.401 e. The number of nitrogens with zero attached hydrogens (tertiary/aromatic N) is 1. The molecule has 0 heterocycles. The third-order valence-electron chi connectivity index (χ3n) is 2.12. The predicted octanol–water partition coefficient (Wildman–Crippen LogP) is 3.25. The Morgan fingerprint density at radius 1 is 1.24 bits per heavy atom. The predicted molar refractivity (Wildman–Crippen MR) is 63.5 cm³/mol. The fourth-order valence-corrected chi connectivity index (χ4v) is 1.47. The molecular formula is C11H14ClF3N2. The van der Waals surface area contributed by atoms with E-state index in [1.54, 1.807) is 24.3 Å². The molecule has 0 aliphatic heterocycles. The smallest absolute Gasteiger partial charge is 0.384 e. The number of benzene rings is 1. The van der Waals surface area contributed by atoms with Crippen LogP contribution in [0.1, 0.15) is 0 Å². The van der Waals surface area contributed by atoms with Crippen molar-refractivity contribution < 1.29 is 13.2 Å². The van der Waals surface area contributed by atoms with E-state index in [1.807, 2.05) is 0 Å². The topological polar surface area (TPSA) is 15.3 Å². The van der Waals surface area contributed by atoms with Gasteiger partial charge >= 0.3 is 6.18 Å². The molecule has 0 aromatic heterocycles. The molecule has 0 atom stereocenters. The van der Waals surface area contributed by atoms with Crippen LogP contribution in [0.4, 0.5) is 18.9 Å². The number of hydrogen-bond acceptors (Lipinski definition) is 2. The Hall–Kier alpha value is -0.940. The molecule has 17 heavy (non-hydrogen) atoms. The van der Waals surface area contributed by atoms with Crippen LogP contribution in [0.2, 0.25) is 5.02 Å². The average molecular weight is 267 g/mol. The second-order valence-corrected chi connectivity index (χ2v) is 4.22. The summed E-state index contributed by atoms with van der Waals surface area (Å²) in [5.74, 6) is 0. The summed E-state index contributed by atoms with van der Waals surface area (Å²) in [7, 11) is 1.44. The second-order valence-electron chi connectivity index (χ2n) is 3.79. The lowest BCUT2D eigenvalue weighted by molar-refractivity contribution is -0.142. The van der Waals surface area contributed by atoms with Crippen LogP contribution in [-0.2, 0) is 0 Å². The number of likely N-dealkylation sites (N-methyl/N-ethyl adjacent to an activating group) is 1. The molecule has 96 valence electrons. The first-order chi connectivity index (χ1) is 7.87. The summed E-state index contributed by atoms with van der Waals surface area (Å²) in [4.78, 5) is 1.23. The lowest BCUT2D eigenvalue weighted by Gasteiger charge is -2.18. The van der Waals surface area contributed by atoms with Gasteiger partial charge in [-0.25, -0.2) is 0 Å². The molecule has 0 saturated heterocycles. The van der Waals surface area contributed by atoms with Crippen molar-refractivity contribution in [3.63, 3.8) is 0 Å². The second kappa shape index (κ2) is 6.12. The standard InChI is InChI=1S/C11H14ClF3N2/c1-17(8-11(13,14)15)7-6-16-10-4-2-9(12)3-5-10/h2-5,16H,6-8H2,1H3. The van der Waals surface area contributed by atoms with Gasteiger partial charge in [0.25, 0.3) is 0 Å². The Balaban J connectivity index is 2.26. The fourth-order valence-electron chi connectivity index (χ4n) is 1.34. The highest BCUT2D eigenvalue weighted by Gasteiger charge is 2.28. The van der Waals surface area contributed by atoms with Gasteiger partial charge in [0, 0.05) is 23.8 Å². The summed E-state index contributed by atoms with van der Waals surface area (Å²) in [6.07, 6.45) is -4.14. The van der Waals surface area contributed by atoms with Crippen molar-refractivity contribution in [2.24, 2.45) is 0 Å². The van der Waals surface area contributed by atoms with E-state index >= 15 is 0 Å². The van der Waals surface area contributed by atoms with Gasteiger partial charge in [-0.05, 0) is 31.3 Å². The van der Waals surface area contributed by atoms with Crippen LogP contribution in [0.5, 0.6) is 0 Å². The number of nitrogens with one attached hydrogen (secondary N) is 1. The number of anilines is 1. The zero-order valence-electron chi connectivity index (χ0n) is 9.39. The minimum atomic E-state index is -4.14. The van der Waals surface area contributed by atoms with Crippen LogP contribution in [0, 0.1) is 0 Å². The molecule has 0 unspecified atom stereocenters. The van der Waals surface area contributed by atoms with Gasteiger partial charge < -0.3 is 5.32 Å². The molecule has 6 heteroatoms. The largest absolute Gasteiger partial charge is 0.401 e. The molecular weight excluding hydrogens is 253 g/mol. The van der Waals surface area contributed by atoms with Crippen LogP contribution >= 0.6 is 11.6 Å². The van der Waals surface area contributed by atoms with E-state index in [0.717, 1.165) is 5.69 Å². The average Bonchev–Trinajstić information content (AvgIpc) is 2.18. The molecule has 1 aromatic rings. The zero-order chi connectivity index (χ0) is 12.9. The van der Waals surface area contributed by atoms with E-state index < -0.39 is 12.7 Å². The fraction of sp³-hybridized carbons (Fsp3) is 0.455. The van der Waals surface area contributed by atoms with Crippen molar-refractivity contribution in [1.29, 1.82) is 0 Å². The Bertz CT molecular complexity index is 338. The van der Waals surface area contributed by atoms with E-state index in [-0.39, 0.29) is 0 Å². The van der Waals surface area contributed by atoms with Gasteiger partial charge in [-0.3, -0.25) is 4.90 Å². The van der Waals surface area contributed by atoms with Crippen molar-refractivity contribution in [2.75, 3.05) is 32.0 Å². The molecule has 0 fully saturated rings. The monoisotopic (exact) mass is 266 g/mol. The summed E-state index contributed by atoms with van der Waals surface area (Å²) in [5.41, 5.74) is 0.842. The van der Waals surface area contributed by atoms with Gasteiger partial charge in [0.05, 0.1) is 6.54 Å². The maximum absolute atomic E-state index is 12.0. The van der Waals surface area contributed by atoms with Gasteiger partial charge in [-0.15, -0.1) is 0 Å². The van der Waals surface area contributed by atoms with Crippen LogP contribution in [0.15, 0.2) is 24.3 Å². The third-order valence-corrected chi connectivity index (χ3v) is 2.37. The van der Waals surface area contributed by atoms with E-state index in [0.29, 0.717) is 18.1 Å². The molecule has 0 bridgehead atoms. The molecule has 0 radical (unpaired) electrons. The van der Waals surface area contributed by atoms with Gasteiger partial charge in [-0.1, -0.05) is 11.6 Å². The normalized spacial score (nSPS) is 11.9. The molecule has 0 amide bonds. The highest BCUT2D eigenvalue weighted by atomic mass is 35.5. The van der Waals surface area contributed by atoms with E-state index in [2.05, 4.69) is 5.32 Å². The summed E-state index contributed by atoms with van der Waals surface area (Å²) >= 11 is 5.71. The Morgan fingerprint density at radius 2 is 1.82 bits per heavy atom. The Morgan fingerprint density at radius 3 is 2.35 bits per heavy atom. The molecule has 2 nitrogen and oxygen atoms in total. The van der Waals surface area contributed by atoms with Crippen LogP contribution in [-0.4, -0.2) is 37.8 Å².